The van der Waals surface area contributed by atoms with Crippen LogP contribution in [-0.2, 0) is 11.2 Å². The summed E-state index contributed by atoms with van der Waals surface area (Å²) >= 11 is 0. The SMILES string of the molecule is CCc1cn(C2COC2)cn1. The third kappa shape index (κ3) is 1.16. The number of ether oxygens (including phenoxy) is 1. The van der Waals surface area contributed by atoms with Gasteiger partial charge in [0.2, 0.25) is 0 Å². The third-order valence-electron chi connectivity index (χ3n) is 2.06. The van der Waals surface area contributed by atoms with Crippen molar-refractivity contribution >= 4 is 0 Å². The summed E-state index contributed by atoms with van der Waals surface area (Å²) in [6, 6.07) is 0.544. The topological polar surface area (TPSA) is 27.1 Å². The standard InChI is InChI=1S/C8H12N2O/c1-2-7-3-10(6-9-7)8-4-11-5-8/h3,6,8H,2,4-5H2,1H3. The van der Waals surface area contributed by atoms with Gasteiger partial charge < -0.3 is 9.30 Å². The lowest BCUT2D eigenvalue weighted by atomic mass is 10.2. The highest BCUT2D eigenvalue weighted by molar-refractivity contribution is 4.98. The largest absolute Gasteiger partial charge is 0.377 e. The smallest absolute Gasteiger partial charge is 0.0953 e. The molecule has 2 rings (SSSR count). The molecule has 1 aliphatic heterocycles. The highest BCUT2D eigenvalue weighted by atomic mass is 16.5. The molecule has 0 N–H and O–H groups in total. The molecule has 3 nitrogen and oxygen atoms in total. The van der Waals surface area contributed by atoms with E-state index in [0.717, 1.165) is 25.3 Å². The summed E-state index contributed by atoms with van der Waals surface area (Å²) in [5.41, 5.74) is 1.16. The van der Waals surface area contributed by atoms with Crippen LogP contribution in [0.1, 0.15) is 18.7 Å². The molecule has 11 heavy (non-hydrogen) atoms. The maximum Gasteiger partial charge on any atom is 0.0953 e. The Hall–Kier alpha value is -0.830. The second-order valence-corrected chi connectivity index (χ2v) is 2.86. The van der Waals surface area contributed by atoms with Gasteiger partial charge in [-0.1, -0.05) is 6.92 Å². The normalized spacial score (nSPS) is 18.3. The highest BCUT2D eigenvalue weighted by Gasteiger charge is 2.19. The van der Waals surface area contributed by atoms with Gasteiger partial charge in [0.1, 0.15) is 0 Å². The number of hydrogen-bond acceptors (Lipinski definition) is 2. The van der Waals surface area contributed by atoms with Crippen LogP contribution in [0, 0.1) is 0 Å². The average molecular weight is 152 g/mol. The average Bonchev–Trinajstić information content (AvgIpc) is 2.32. The van der Waals surface area contributed by atoms with Gasteiger partial charge in [0.05, 0.1) is 31.3 Å². The predicted molar refractivity (Wildman–Crippen MR) is 41.5 cm³/mol. The zero-order valence-corrected chi connectivity index (χ0v) is 6.66. The van der Waals surface area contributed by atoms with E-state index in [1.165, 1.54) is 0 Å². The Labute approximate surface area is 66.0 Å². The lowest BCUT2D eigenvalue weighted by molar-refractivity contribution is -0.0233. The number of imidazole rings is 1. The summed E-state index contributed by atoms with van der Waals surface area (Å²) in [6.45, 7) is 3.81. The van der Waals surface area contributed by atoms with Crippen molar-refractivity contribution in [1.82, 2.24) is 9.55 Å². The molecule has 0 saturated carbocycles. The summed E-state index contributed by atoms with van der Waals surface area (Å²) in [5, 5.41) is 0. The van der Waals surface area contributed by atoms with Crippen molar-refractivity contribution in [3.63, 3.8) is 0 Å². The minimum Gasteiger partial charge on any atom is -0.377 e. The molecule has 0 aliphatic carbocycles. The molecule has 2 heterocycles. The third-order valence-corrected chi connectivity index (χ3v) is 2.06. The van der Waals surface area contributed by atoms with Crippen LogP contribution in [0.25, 0.3) is 0 Å². The number of hydrogen-bond donors (Lipinski definition) is 0. The lowest BCUT2D eigenvalue weighted by Gasteiger charge is -2.26. The van der Waals surface area contributed by atoms with Crippen LogP contribution in [0.3, 0.4) is 0 Å². The Morgan fingerprint density at radius 2 is 2.55 bits per heavy atom. The first-order chi connectivity index (χ1) is 5.40. The van der Waals surface area contributed by atoms with E-state index in [1.54, 1.807) is 0 Å². The van der Waals surface area contributed by atoms with E-state index in [-0.39, 0.29) is 0 Å². The Morgan fingerprint density at radius 3 is 3.00 bits per heavy atom. The lowest BCUT2D eigenvalue weighted by Crippen LogP contribution is -2.29. The molecular weight excluding hydrogens is 140 g/mol. The fraction of sp³-hybridized carbons (Fsp3) is 0.625. The molecule has 1 aromatic heterocycles. The van der Waals surface area contributed by atoms with E-state index >= 15 is 0 Å². The maximum atomic E-state index is 5.08. The minimum absolute atomic E-state index is 0.544. The highest BCUT2D eigenvalue weighted by Crippen LogP contribution is 2.16. The van der Waals surface area contributed by atoms with Crippen molar-refractivity contribution in [3.05, 3.63) is 18.2 Å². The molecule has 0 aromatic carbocycles. The fourth-order valence-electron chi connectivity index (χ4n) is 1.16. The summed E-state index contributed by atoms with van der Waals surface area (Å²) in [7, 11) is 0. The van der Waals surface area contributed by atoms with Crippen molar-refractivity contribution in [2.75, 3.05) is 13.2 Å². The molecular formula is C8H12N2O. The molecule has 1 aliphatic rings. The molecule has 0 radical (unpaired) electrons. The first-order valence-corrected chi connectivity index (χ1v) is 4.00. The van der Waals surface area contributed by atoms with Crippen molar-refractivity contribution in [3.8, 4) is 0 Å². The maximum absolute atomic E-state index is 5.08. The van der Waals surface area contributed by atoms with Gasteiger partial charge >= 0.3 is 0 Å². The molecule has 0 atom stereocenters. The van der Waals surface area contributed by atoms with Crippen molar-refractivity contribution < 1.29 is 4.74 Å². The summed E-state index contributed by atoms with van der Waals surface area (Å²) in [6.07, 6.45) is 5.01. The van der Waals surface area contributed by atoms with Gasteiger partial charge in [0.25, 0.3) is 0 Å². The van der Waals surface area contributed by atoms with E-state index in [0.29, 0.717) is 6.04 Å². The number of nitrogens with zero attached hydrogens (tertiary/aromatic N) is 2. The van der Waals surface area contributed by atoms with E-state index in [1.807, 2.05) is 6.33 Å². The second kappa shape index (κ2) is 2.66. The summed E-state index contributed by atoms with van der Waals surface area (Å²) in [5.74, 6) is 0. The zero-order valence-electron chi connectivity index (χ0n) is 6.66. The van der Waals surface area contributed by atoms with Gasteiger partial charge in [0.15, 0.2) is 0 Å². The second-order valence-electron chi connectivity index (χ2n) is 2.86. The number of aromatic nitrogens is 2. The molecule has 3 heteroatoms. The Bertz CT molecular complexity index is 240. The molecule has 0 unspecified atom stereocenters. The Morgan fingerprint density at radius 1 is 1.73 bits per heavy atom. The molecule has 1 saturated heterocycles. The van der Waals surface area contributed by atoms with Crippen molar-refractivity contribution in [1.29, 1.82) is 0 Å². The fourth-order valence-corrected chi connectivity index (χ4v) is 1.16. The molecule has 60 valence electrons. The van der Waals surface area contributed by atoms with Crippen molar-refractivity contribution in [2.45, 2.75) is 19.4 Å². The Balaban J connectivity index is 2.11. The van der Waals surface area contributed by atoms with Gasteiger partial charge in [0, 0.05) is 6.20 Å². The molecule has 0 bridgehead atoms. The molecule has 1 fully saturated rings. The van der Waals surface area contributed by atoms with Gasteiger partial charge in [-0.25, -0.2) is 4.98 Å². The van der Waals surface area contributed by atoms with Gasteiger partial charge in [-0.05, 0) is 6.42 Å². The first kappa shape index (κ1) is 6.85. The van der Waals surface area contributed by atoms with Crippen LogP contribution >= 0.6 is 0 Å². The zero-order chi connectivity index (χ0) is 7.68. The van der Waals surface area contributed by atoms with Gasteiger partial charge in [-0.15, -0.1) is 0 Å². The monoisotopic (exact) mass is 152 g/mol. The van der Waals surface area contributed by atoms with E-state index in [9.17, 15) is 0 Å². The van der Waals surface area contributed by atoms with Crippen molar-refractivity contribution in [2.24, 2.45) is 0 Å². The van der Waals surface area contributed by atoms with Crippen LogP contribution < -0.4 is 0 Å². The number of rotatable bonds is 2. The minimum atomic E-state index is 0.544. The first-order valence-electron chi connectivity index (χ1n) is 4.00. The van der Waals surface area contributed by atoms with Crippen LogP contribution in [0.2, 0.25) is 0 Å². The van der Waals surface area contributed by atoms with Crippen LogP contribution in [0.5, 0.6) is 0 Å². The van der Waals surface area contributed by atoms with Crippen LogP contribution in [-0.4, -0.2) is 22.8 Å². The predicted octanol–water partition coefficient (Wildman–Crippen LogP) is 1.02. The molecule has 1 aromatic rings. The molecule has 0 spiro atoms. The number of aryl methyl sites for hydroxylation is 1. The quantitative estimate of drug-likeness (QED) is 0.632. The van der Waals surface area contributed by atoms with Gasteiger partial charge in [-0.2, -0.15) is 0 Å². The van der Waals surface area contributed by atoms with Crippen LogP contribution in [0.4, 0.5) is 0 Å². The summed E-state index contributed by atoms with van der Waals surface area (Å²) < 4.78 is 7.22. The van der Waals surface area contributed by atoms with Gasteiger partial charge in [-0.3, -0.25) is 0 Å². The molecule has 0 amide bonds. The van der Waals surface area contributed by atoms with E-state index < -0.39 is 0 Å². The van der Waals surface area contributed by atoms with Crippen LogP contribution in [0.15, 0.2) is 12.5 Å². The summed E-state index contributed by atoms with van der Waals surface area (Å²) in [4.78, 5) is 4.24. The Kier molecular flexibility index (Phi) is 1.66. The van der Waals surface area contributed by atoms with E-state index in [2.05, 4.69) is 22.7 Å². The van der Waals surface area contributed by atoms with E-state index in [4.69, 9.17) is 4.74 Å².